The fraction of sp³-hybridized carbons (Fsp3) is 0.438. The van der Waals surface area contributed by atoms with Crippen LogP contribution in [0.4, 0.5) is 11.4 Å². The summed E-state index contributed by atoms with van der Waals surface area (Å²) in [4.78, 5) is 17.5. The minimum absolute atomic E-state index is 0.0444. The molecule has 2 N–H and O–H groups in total. The number of nitrogens with zero attached hydrogens (tertiary/aromatic N) is 1. The van der Waals surface area contributed by atoms with Gasteiger partial charge in [-0.25, -0.2) is 0 Å². The second kappa shape index (κ2) is 5.41. The third-order valence-corrected chi connectivity index (χ3v) is 3.88. The molecule has 1 aromatic heterocycles. The highest BCUT2D eigenvalue weighted by Gasteiger charge is 2.24. The van der Waals surface area contributed by atoms with Crippen molar-refractivity contribution in [2.24, 2.45) is 0 Å². The van der Waals surface area contributed by atoms with Gasteiger partial charge in [-0.2, -0.15) is 0 Å². The lowest BCUT2D eigenvalue weighted by molar-refractivity contribution is -0.00528. The number of rotatable bonds is 2. The molecular weight excluding hydrogens is 266 g/mol. The number of aromatic nitrogens is 1. The van der Waals surface area contributed by atoms with Crippen molar-refractivity contribution in [2.45, 2.75) is 26.1 Å². The lowest BCUT2D eigenvalue weighted by Crippen LogP contribution is -2.47. The normalized spacial score (nSPS) is 22.5. The molecule has 1 aliphatic rings. The molecule has 5 nitrogen and oxygen atoms in total. The topological polar surface area (TPSA) is 57.4 Å². The molecule has 21 heavy (non-hydrogen) atoms. The molecule has 0 amide bonds. The van der Waals surface area contributed by atoms with E-state index in [0.29, 0.717) is 0 Å². The van der Waals surface area contributed by atoms with Crippen LogP contribution in [0.1, 0.15) is 13.8 Å². The van der Waals surface area contributed by atoms with Crippen LogP contribution in [0.25, 0.3) is 10.9 Å². The number of nitrogens with one attached hydrogen (secondary N) is 2. The van der Waals surface area contributed by atoms with E-state index in [1.807, 2.05) is 45.2 Å². The molecule has 0 spiro atoms. The molecule has 1 saturated heterocycles. The van der Waals surface area contributed by atoms with Gasteiger partial charge in [0.05, 0.1) is 17.7 Å². The van der Waals surface area contributed by atoms with Gasteiger partial charge in [-0.3, -0.25) is 4.79 Å². The fourth-order valence-corrected chi connectivity index (χ4v) is 2.95. The number of hydrogen-bond donors (Lipinski definition) is 2. The molecule has 2 atom stereocenters. The van der Waals surface area contributed by atoms with Gasteiger partial charge in [0.1, 0.15) is 5.69 Å². The van der Waals surface area contributed by atoms with E-state index in [1.54, 1.807) is 0 Å². The first kappa shape index (κ1) is 13.9. The SMILES string of the molecule is CNc1ccc2cc(N3CC(C)OC(C)C3)c(=O)[nH]c2c1. The standard InChI is InChI=1S/C16H21N3O2/c1-10-8-19(9-11(2)21-10)15-6-12-4-5-13(17-3)7-14(12)18-16(15)20/h4-7,10-11,17H,8-9H2,1-3H3,(H,18,20). The van der Waals surface area contributed by atoms with E-state index >= 15 is 0 Å². The maximum atomic E-state index is 12.4. The van der Waals surface area contributed by atoms with Crippen LogP contribution in [0.2, 0.25) is 0 Å². The Bertz CT molecular complexity index is 700. The Morgan fingerprint density at radius 3 is 2.62 bits per heavy atom. The summed E-state index contributed by atoms with van der Waals surface area (Å²) in [5.74, 6) is 0. The van der Waals surface area contributed by atoms with Crippen molar-refractivity contribution in [1.29, 1.82) is 0 Å². The van der Waals surface area contributed by atoms with Gasteiger partial charge in [-0.15, -0.1) is 0 Å². The molecular formula is C16H21N3O2. The van der Waals surface area contributed by atoms with Crippen LogP contribution < -0.4 is 15.8 Å². The van der Waals surface area contributed by atoms with E-state index in [2.05, 4.69) is 15.2 Å². The van der Waals surface area contributed by atoms with E-state index in [0.717, 1.165) is 35.4 Å². The molecule has 3 rings (SSSR count). The van der Waals surface area contributed by atoms with Gasteiger partial charge in [0.15, 0.2) is 0 Å². The highest BCUT2D eigenvalue weighted by Crippen LogP contribution is 2.22. The Kier molecular flexibility index (Phi) is 3.59. The Morgan fingerprint density at radius 1 is 1.24 bits per heavy atom. The lowest BCUT2D eigenvalue weighted by atomic mass is 10.1. The van der Waals surface area contributed by atoms with Crippen LogP contribution in [0.15, 0.2) is 29.1 Å². The van der Waals surface area contributed by atoms with Crippen LogP contribution in [-0.2, 0) is 4.74 Å². The summed E-state index contributed by atoms with van der Waals surface area (Å²) < 4.78 is 5.73. The van der Waals surface area contributed by atoms with Gasteiger partial charge in [-0.05, 0) is 32.0 Å². The van der Waals surface area contributed by atoms with Crippen molar-refractivity contribution in [2.75, 3.05) is 30.4 Å². The van der Waals surface area contributed by atoms with Crippen LogP contribution in [-0.4, -0.2) is 37.3 Å². The quantitative estimate of drug-likeness (QED) is 0.889. The van der Waals surface area contributed by atoms with Crippen molar-refractivity contribution in [1.82, 2.24) is 4.98 Å². The zero-order valence-corrected chi connectivity index (χ0v) is 12.6. The fourth-order valence-electron chi connectivity index (χ4n) is 2.95. The minimum Gasteiger partial charge on any atom is -0.388 e. The first-order chi connectivity index (χ1) is 10.1. The Hall–Kier alpha value is -2.01. The Balaban J connectivity index is 2.03. The first-order valence-electron chi connectivity index (χ1n) is 7.32. The van der Waals surface area contributed by atoms with Gasteiger partial charge >= 0.3 is 0 Å². The van der Waals surface area contributed by atoms with Crippen LogP contribution in [0.5, 0.6) is 0 Å². The monoisotopic (exact) mass is 287 g/mol. The van der Waals surface area contributed by atoms with E-state index in [1.165, 1.54) is 0 Å². The molecule has 0 saturated carbocycles. The van der Waals surface area contributed by atoms with Gasteiger partial charge in [0.25, 0.3) is 5.56 Å². The summed E-state index contributed by atoms with van der Waals surface area (Å²) >= 11 is 0. The van der Waals surface area contributed by atoms with Crippen LogP contribution in [0, 0.1) is 0 Å². The maximum Gasteiger partial charge on any atom is 0.271 e. The largest absolute Gasteiger partial charge is 0.388 e. The van der Waals surface area contributed by atoms with Crippen molar-refractivity contribution >= 4 is 22.3 Å². The molecule has 0 bridgehead atoms. The van der Waals surface area contributed by atoms with Crippen LogP contribution in [0.3, 0.4) is 0 Å². The Labute approximate surface area is 123 Å². The van der Waals surface area contributed by atoms with Gasteiger partial charge < -0.3 is 19.9 Å². The summed E-state index contributed by atoms with van der Waals surface area (Å²) in [5, 5.41) is 4.12. The molecule has 112 valence electrons. The lowest BCUT2D eigenvalue weighted by Gasteiger charge is -2.36. The summed E-state index contributed by atoms with van der Waals surface area (Å²) in [5.41, 5.74) is 2.52. The number of anilines is 2. The van der Waals surface area contributed by atoms with E-state index in [-0.39, 0.29) is 17.8 Å². The number of aromatic amines is 1. The number of ether oxygens (including phenoxy) is 1. The smallest absolute Gasteiger partial charge is 0.271 e. The Morgan fingerprint density at radius 2 is 1.95 bits per heavy atom. The third-order valence-electron chi connectivity index (χ3n) is 3.88. The number of H-pyrrole nitrogens is 1. The molecule has 2 aromatic rings. The molecule has 5 heteroatoms. The van der Waals surface area contributed by atoms with Crippen molar-refractivity contribution in [3.05, 3.63) is 34.6 Å². The van der Waals surface area contributed by atoms with Crippen molar-refractivity contribution in [3.8, 4) is 0 Å². The molecule has 2 heterocycles. The van der Waals surface area contributed by atoms with Crippen molar-refractivity contribution in [3.63, 3.8) is 0 Å². The second-order valence-electron chi connectivity index (χ2n) is 5.70. The maximum absolute atomic E-state index is 12.4. The van der Waals surface area contributed by atoms with Crippen molar-refractivity contribution < 1.29 is 4.74 Å². The van der Waals surface area contributed by atoms with E-state index in [4.69, 9.17) is 4.74 Å². The number of hydrogen-bond acceptors (Lipinski definition) is 4. The average Bonchev–Trinajstić information content (AvgIpc) is 2.44. The second-order valence-corrected chi connectivity index (χ2v) is 5.70. The third kappa shape index (κ3) is 2.74. The highest BCUT2D eigenvalue weighted by molar-refractivity contribution is 5.84. The first-order valence-corrected chi connectivity index (χ1v) is 7.32. The van der Waals surface area contributed by atoms with E-state index < -0.39 is 0 Å². The van der Waals surface area contributed by atoms with E-state index in [9.17, 15) is 4.79 Å². The predicted octanol–water partition coefficient (Wildman–Crippen LogP) is 2.18. The molecule has 0 aliphatic carbocycles. The minimum atomic E-state index is -0.0444. The highest BCUT2D eigenvalue weighted by atomic mass is 16.5. The predicted molar refractivity (Wildman–Crippen MR) is 86.3 cm³/mol. The molecule has 0 radical (unpaired) electrons. The summed E-state index contributed by atoms with van der Waals surface area (Å²) in [6.45, 7) is 5.56. The van der Waals surface area contributed by atoms with Gasteiger partial charge in [0, 0.05) is 31.2 Å². The summed E-state index contributed by atoms with van der Waals surface area (Å²) in [6.07, 6.45) is 0.269. The zero-order chi connectivity index (χ0) is 15.0. The molecule has 1 aromatic carbocycles. The summed E-state index contributed by atoms with van der Waals surface area (Å²) in [6, 6.07) is 7.95. The zero-order valence-electron chi connectivity index (χ0n) is 12.6. The average molecular weight is 287 g/mol. The number of benzene rings is 1. The number of morpholine rings is 1. The summed E-state index contributed by atoms with van der Waals surface area (Å²) in [7, 11) is 1.87. The number of pyridine rings is 1. The molecule has 2 unspecified atom stereocenters. The van der Waals surface area contributed by atoms with Crippen LogP contribution >= 0.6 is 0 Å². The molecule has 1 aliphatic heterocycles. The van der Waals surface area contributed by atoms with Gasteiger partial charge in [0.2, 0.25) is 0 Å². The number of fused-ring (bicyclic) bond motifs is 1. The molecule has 1 fully saturated rings. The van der Waals surface area contributed by atoms with Gasteiger partial charge in [-0.1, -0.05) is 6.07 Å².